The SMILES string of the molecule is CCc1ccc2nc(N(CCN(C)C)C(=O)c3cc(C)n(C(C)C)n3)sc2c1.Cl. The van der Waals surface area contributed by atoms with Gasteiger partial charge in [-0.25, -0.2) is 4.98 Å². The van der Waals surface area contributed by atoms with Gasteiger partial charge in [0, 0.05) is 24.8 Å². The Balaban J connectivity index is 0.00000300. The second kappa shape index (κ2) is 9.69. The molecule has 0 atom stereocenters. The van der Waals surface area contributed by atoms with Crippen molar-refractivity contribution in [3.05, 3.63) is 41.2 Å². The van der Waals surface area contributed by atoms with Crippen LogP contribution in [0.25, 0.3) is 10.2 Å². The Labute approximate surface area is 182 Å². The van der Waals surface area contributed by atoms with Gasteiger partial charge in [0.1, 0.15) is 0 Å². The lowest BCUT2D eigenvalue weighted by Crippen LogP contribution is -2.37. The first-order valence-corrected chi connectivity index (χ1v) is 10.5. The number of aryl methyl sites for hydroxylation is 2. The molecule has 1 amide bonds. The number of benzene rings is 1. The van der Waals surface area contributed by atoms with Crippen LogP contribution in [0.1, 0.15) is 48.6 Å². The zero-order valence-electron chi connectivity index (χ0n) is 18.0. The van der Waals surface area contributed by atoms with E-state index in [1.54, 1.807) is 16.2 Å². The molecule has 1 aromatic carbocycles. The fourth-order valence-corrected chi connectivity index (χ4v) is 4.18. The van der Waals surface area contributed by atoms with Crippen LogP contribution >= 0.6 is 23.7 Å². The summed E-state index contributed by atoms with van der Waals surface area (Å²) in [6.07, 6.45) is 0.984. The van der Waals surface area contributed by atoms with Crippen molar-refractivity contribution in [1.29, 1.82) is 0 Å². The minimum Gasteiger partial charge on any atom is -0.308 e. The number of anilines is 1. The maximum atomic E-state index is 13.3. The molecule has 8 heteroatoms. The summed E-state index contributed by atoms with van der Waals surface area (Å²) in [5, 5.41) is 5.28. The highest BCUT2D eigenvalue weighted by molar-refractivity contribution is 7.22. The molecule has 2 aromatic heterocycles. The number of hydrogen-bond acceptors (Lipinski definition) is 5. The molecule has 0 spiro atoms. The second-order valence-electron chi connectivity index (χ2n) is 7.62. The summed E-state index contributed by atoms with van der Waals surface area (Å²) in [5.41, 5.74) is 3.67. The van der Waals surface area contributed by atoms with Gasteiger partial charge in [-0.1, -0.05) is 24.3 Å². The first kappa shape index (κ1) is 23.3. The summed E-state index contributed by atoms with van der Waals surface area (Å²) in [7, 11) is 4.01. The van der Waals surface area contributed by atoms with Crippen LogP contribution in [-0.4, -0.2) is 52.8 Å². The van der Waals surface area contributed by atoms with E-state index in [0.29, 0.717) is 12.2 Å². The molecule has 3 aromatic rings. The summed E-state index contributed by atoms with van der Waals surface area (Å²) in [4.78, 5) is 21.9. The number of likely N-dealkylation sites (N-methyl/N-ethyl adjacent to an activating group) is 1. The number of rotatable bonds is 7. The number of fused-ring (bicyclic) bond motifs is 1. The molecule has 29 heavy (non-hydrogen) atoms. The largest absolute Gasteiger partial charge is 0.308 e. The van der Waals surface area contributed by atoms with Crippen LogP contribution in [0.3, 0.4) is 0 Å². The van der Waals surface area contributed by atoms with E-state index in [1.165, 1.54) is 5.56 Å². The molecule has 0 saturated carbocycles. The molecule has 0 N–H and O–H groups in total. The molecule has 0 aliphatic carbocycles. The van der Waals surface area contributed by atoms with Gasteiger partial charge in [0.05, 0.1) is 10.2 Å². The first-order chi connectivity index (χ1) is 13.3. The van der Waals surface area contributed by atoms with E-state index in [4.69, 9.17) is 4.98 Å². The standard InChI is InChI=1S/C21H29N5OS.ClH/c1-7-16-8-9-17-19(13-16)28-21(22-17)25(11-10-24(5)6)20(27)18-12-15(4)26(23-18)14(2)3;/h8-9,12-14H,7,10-11H2,1-6H3;1H. The molecule has 2 heterocycles. The third kappa shape index (κ3) is 5.15. The van der Waals surface area contributed by atoms with Crippen molar-refractivity contribution in [3.63, 3.8) is 0 Å². The van der Waals surface area contributed by atoms with E-state index in [2.05, 4.69) is 42.9 Å². The lowest BCUT2D eigenvalue weighted by Gasteiger charge is -2.21. The predicted molar refractivity (Wildman–Crippen MR) is 124 cm³/mol. The van der Waals surface area contributed by atoms with Gasteiger partial charge in [0.15, 0.2) is 10.8 Å². The van der Waals surface area contributed by atoms with Gasteiger partial charge < -0.3 is 4.90 Å². The van der Waals surface area contributed by atoms with Crippen molar-refractivity contribution >= 4 is 45.0 Å². The molecule has 0 radical (unpaired) electrons. The number of aromatic nitrogens is 3. The number of halogens is 1. The molecule has 158 valence electrons. The van der Waals surface area contributed by atoms with Gasteiger partial charge in [0.2, 0.25) is 0 Å². The Bertz CT molecular complexity index is 979. The van der Waals surface area contributed by atoms with Gasteiger partial charge in [-0.05, 0) is 65.0 Å². The molecule has 0 fully saturated rings. The third-order valence-electron chi connectivity index (χ3n) is 4.73. The van der Waals surface area contributed by atoms with Crippen LogP contribution < -0.4 is 4.90 Å². The van der Waals surface area contributed by atoms with Crippen LogP contribution in [-0.2, 0) is 6.42 Å². The summed E-state index contributed by atoms with van der Waals surface area (Å²) in [6.45, 7) is 9.58. The molecule has 0 aliphatic heterocycles. The third-order valence-corrected chi connectivity index (χ3v) is 5.77. The molecule has 3 rings (SSSR count). The van der Waals surface area contributed by atoms with Crippen molar-refractivity contribution in [3.8, 4) is 0 Å². The second-order valence-corrected chi connectivity index (χ2v) is 8.63. The lowest BCUT2D eigenvalue weighted by atomic mass is 10.2. The van der Waals surface area contributed by atoms with Gasteiger partial charge in [-0.2, -0.15) is 5.10 Å². The van der Waals surface area contributed by atoms with Crippen molar-refractivity contribution in [2.75, 3.05) is 32.1 Å². The molecule has 0 aliphatic rings. The fourth-order valence-electron chi connectivity index (χ4n) is 3.13. The summed E-state index contributed by atoms with van der Waals surface area (Å²) >= 11 is 1.57. The van der Waals surface area contributed by atoms with Gasteiger partial charge in [-0.15, -0.1) is 12.4 Å². The number of carbonyl (C=O) groups is 1. The van der Waals surface area contributed by atoms with Crippen LogP contribution in [0.5, 0.6) is 0 Å². The zero-order chi connectivity index (χ0) is 20.4. The van der Waals surface area contributed by atoms with E-state index in [-0.39, 0.29) is 24.4 Å². The smallest absolute Gasteiger partial charge is 0.280 e. The lowest BCUT2D eigenvalue weighted by molar-refractivity contribution is 0.0979. The maximum absolute atomic E-state index is 13.3. The number of amides is 1. The Morgan fingerprint density at radius 2 is 1.93 bits per heavy atom. The normalized spacial score (nSPS) is 11.3. The minimum absolute atomic E-state index is 0. The summed E-state index contributed by atoms with van der Waals surface area (Å²) in [6, 6.07) is 8.40. The average molecular weight is 436 g/mol. The highest BCUT2D eigenvalue weighted by Crippen LogP contribution is 2.30. The van der Waals surface area contributed by atoms with E-state index in [0.717, 1.165) is 34.0 Å². The maximum Gasteiger partial charge on any atom is 0.280 e. The Hall–Kier alpha value is -1.96. The number of thiazole rings is 1. The van der Waals surface area contributed by atoms with Crippen molar-refractivity contribution < 1.29 is 4.79 Å². The molecule has 0 bridgehead atoms. The van der Waals surface area contributed by atoms with Gasteiger partial charge >= 0.3 is 0 Å². The first-order valence-electron chi connectivity index (χ1n) is 9.72. The Morgan fingerprint density at radius 1 is 1.21 bits per heavy atom. The molecule has 0 unspecified atom stereocenters. The van der Waals surface area contributed by atoms with Crippen molar-refractivity contribution in [1.82, 2.24) is 19.7 Å². The van der Waals surface area contributed by atoms with Crippen LogP contribution in [0.15, 0.2) is 24.3 Å². The van der Waals surface area contributed by atoms with Crippen LogP contribution in [0, 0.1) is 6.92 Å². The van der Waals surface area contributed by atoms with Crippen molar-refractivity contribution in [2.45, 2.75) is 40.2 Å². The average Bonchev–Trinajstić information content (AvgIpc) is 3.24. The van der Waals surface area contributed by atoms with E-state index in [1.807, 2.05) is 37.8 Å². The van der Waals surface area contributed by atoms with Crippen molar-refractivity contribution in [2.24, 2.45) is 0 Å². The number of carbonyl (C=O) groups excluding carboxylic acids is 1. The van der Waals surface area contributed by atoms with Crippen LogP contribution in [0.4, 0.5) is 5.13 Å². The van der Waals surface area contributed by atoms with E-state index in [9.17, 15) is 4.79 Å². The number of nitrogens with zero attached hydrogens (tertiary/aromatic N) is 5. The monoisotopic (exact) mass is 435 g/mol. The highest BCUT2D eigenvalue weighted by Gasteiger charge is 2.24. The topological polar surface area (TPSA) is 54.3 Å². The van der Waals surface area contributed by atoms with Gasteiger partial charge in [-0.3, -0.25) is 14.4 Å². The van der Waals surface area contributed by atoms with E-state index >= 15 is 0 Å². The quantitative estimate of drug-likeness (QED) is 0.545. The van der Waals surface area contributed by atoms with Crippen LogP contribution in [0.2, 0.25) is 0 Å². The number of hydrogen-bond donors (Lipinski definition) is 0. The van der Waals surface area contributed by atoms with E-state index < -0.39 is 0 Å². The molecular weight excluding hydrogens is 406 g/mol. The molecular formula is C21H30ClN5OS. The highest BCUT2D eigenvalue weighted by atomic mass is 35.5. The fraction of sp³-hybridized carbons (Fsp3) is 0.476. The summed E-state index contributed by atoms with van der Waals surface area (Å²) < 4.78 is 3.00. The Kier molecular flexibility index (Phi) is 7.80. The molecule has 0 saturated heterocycles. The van der Waals surface area contributed by atoms with Gasteiger partial charge in [0.25, 0.3) is 5.91 Å². The predicted octanol–water partition coefficient (Wildman–Crippen LogP) is 4.57. The Morgan fingerprint density at radius 3 is 2.52 bits per heavy atom. The molecule has 6 nitrogen and oxygen atoms in total. The zero-order valence-corrected chi connectivity index (χ0v) is 19.6. The minimum atomic E-state index is -0.0980. The summed E-state index contributed by atoms with van der Waals surface area (Å²) in [5.74, 6) is -0.0980.